The molecule has 33 heavy (non-hydrogen) atoms. The van der Waals surface area contributed by atoms with Crippen LogP contribution >= 0.6 is 11.3 Å². The van der Waals surface area contributed by atoms with Crippen LogP contribution in [-0.2, 0) is 6.54 Å². The van der Waals surface area contributed by atoms with E-state index in [2.05, 4.69) is 11.6 Å². The van der Waals surface area contributed by atoms with Crippen LogP contribution in [0.2, 0.25) is 0 Å². The standard InChI is InChI=1S/C25H30N2O5S/c1-6-14-27-22-18(29-7-2)12-11-13-21(22)33-25(27)26-24(28)17-15-19(30-8-3)23(32-10-5)20(16-17)31-9-4/h6,11-13,15-16H,1,7-10,14H2,2-5H3. The zero-order valence-corrected chi connectivity index (χ0v) is 20.4. The first-order valence-corrected chi connectivity index (χ1v) is 11.9. The lowest BCUT2D eigenvalue weighted by molar-refractivity contribution is 0.0996. The molecule has 0 saturated carbocycles. The van der Waals surface area contributed by atoms with Crippen LogP contribution in [0, 0.1) is 0 Å². The SMILES string of the molecule is C=CCn1c(=NC(=O)c2cc(OCC)c(OCC)c(OCC)c2)sc2cccc(OCC)c21. The Hall–Kier alpha value is -3.26. The van der Waals surface area contributed by atoms with Gasteiger partial charge in [0, 0.05) is 12.1 Å². The molecule has 0 spiro atoms. The minimum atomic E-state index is -0.401. The summed E-state index contributed by atoms with van der Waals surface area (Å²) in [6.07, 6.45) is 1.77. The largest absolute Gasteiger partial charge is 0.492 e. The second kappa shape index (κ2) is 11.6. The van der Waals surface area contributed by atoms with E-state index >= 15 is 0 Å². The molecule has 0 saturated heterocycles. The van der Waals surface area contributed by atoms with Crippen molar-refractivity contribution >= 4 is 27.5 Å². The zero-order valence-electron chi connectivity index (χ0n) is 19.6. The second-order valence-electron chi connectivity index (χ2n) is 6.84. The monoisotopic (exact) mass is 470 g/mol. The fourth-order valence-electron chi connectivity index (χ4n) is 3.42. The molecular weight excluding hydrogens is 440 g/mol. The summed E-state index contributed by atoms with van der Waals surface area (Å²) in [5, 5.41) is 0. The van der Waals surface area contributed by atoms with Crippen LogP contribution in [-0.4, -0.2) is 36.9 Å². The molecular formula is C25H30N2O5S. The number of carbonyl (C=O) groups is 1. The van der Waals surface area contributed by atoms with Gasteiger partial charge in [0.05, 0.1) is 31.1 Å². The summed E-state index contributed by atoms with van der Waals surface area (Å²) in [5.41, 5.74) is 1.26. The molecule has 2 aromatic carbocycles. The lowest BCUT2D eigenvalue weighted by Gasteiger charge is -2.16. The third-order valence-electron chi connectivity index (χ3n) is 4.63. The summed E-state index contributed by atoms with van der Waals surface area (Å²) in [6.45, 7) is 13.8. The number of allylic oxidation sites excluding steroid dienone is 1. The van der Waals surface area contributed by atoms with Gasteiger partial charge in [-0.2, -0.15) is 4.99 Å². The fraction of sp³-hybridized carbons (Fsp3) is 0.360. The first-order valence-electron chi connectivity index (χ1n) is 11.1. The molecule has 0 aliphatic heterocycles. The van der Waals surface area contributed by atoms with E-state index in [1.807, 2.05) is 50.5 Å². The van der Waals surface area contributed by atoms with Crippen LogP contribution in [0.4, 0.5) is 0 Å². The first kappa shape index (κ1) is 24.4. The Morgan fingerprint density at radius 2 is 1.58 bits per heavy atom. The van der Waals surface area contributed by atoms with Crippen LogP contribution in [0.5, 0.6) is 23.0 Å². The number of hydrogen-bond donors (Lipinski definition) is 0. The van der Waals surface area contributed by atoms with Gasteiger partial charge in [-0.15, -0.1) is 6.58 Å². The van der Waals surface area contributed by atoms with Crippen molar-refractivity contribution in [3.8, 4) is 23.0 Å². The Labute approximate surface area is 197 Å². The third-order valence-corrected chi connectivity index (χ3v) is 5.67. The fourth-order valence-corrected chi connectivity index (χ4v) is 4.47. The molecule has 0 aliphatic carbocycles. The van der Waals surface area contributed by atoms with Crippen molar-refractivity contribution in [1.29, 1.82) is 0 Å². The highest BCUT2D eigenvalue weighted by Gasteiger charge is 2.19. The first-order chi connectivity index (χ1) is 16.1. The van der Waals surface area contributed by atoms with Gasteiger partial charge >= 0.3 is 0 Å². The van der Waals surface area contributed by atoms with Crippen molar-refractivity contribution in [2.24, 2.45) is 4.99 Å². The smallest absolute Gasteiger partial charge is 0.279 e. The van der Waals surface area contributed by atoms with E-state index in [9.17, 15) is 4.79 Å². The Morgan fingerprint density at radius 3 is 2.15 bits per heavy atom. The van der Waals surface area contributed by atoms with E-state index in [1.54, 1.807) is 18.2 Å². The molecule has 0 N–H and O–H groups in total. The van der Waals surface area contributed by atoms with Crippen molar-refractivity contribution < 1.29 is 23.7 Å². The number of thiazole rings is 1. The quantitative estimate of drug-likeness (QED) is 0.359. The van der Waals surface area contributed by atoms with Crippen molar-refractivity contribution in [3.05, 3.63) is 53.4 Å². The van der Waals surface area contributed by atoms with Gasteiger partial charge in [-0.3, -0.25) is 4.79 Å². The normalized spacial score (nSPS) is 11.5. The highest BCUT2D eigenvalue weighted by molar-refractivity contribution is 7.16. The average molecular weight is 471 g/mol. The highest BCUT2D eigenvalue weighted by atomic mass is 32.1. The predicted octanol–water partition coefficient (Wildman–Crippen LogP) is 5.22. The second-order valence-corrected chi connectivity index (χ2v) is 7.85. The zero-order chi connectivity index (χ0) is 23.8. The van der Waals surface area contributed by atoms with Crippen LogP contribution in [0.15, 0.2) is 48.0 Å². The molecule has 7 nitrogen and oxygen atoms in total. The van der Waals surface area contributed by atoms with Gasteiger partial charge in [0.25, 0.3) is 5.91 Å². The molecule has 0 atom stereocenters. The summed E-state index contributed by atoms with van der Waals surface area (Å²) < 4.78 is 25.9. The topological polar surface area (TPSA) is 71.3 Å². The molecule has 0 fully saturated rings. The summed E-state index contributed by atoms with van der Waals surface area (Å²) in [5.74, 6) is 1.75. The molecule has 0 unspecified atom stereocenters. The molecule has 8 heteroatoms. The number of para-hydroxylation sites is 1. The van der Waals surface area contributed by atoms with Crippen molar-refractivity contribution in [2.45, 2.75) is 34.2 Å². The maximum absolute atomic E-state index is 13.3. The number of hydrogen-bond acceptors (Lipinski definition) is 6. The van der Waals surface area contributed by atoms with E-state index in [1.165, 1.54) is 11.3 Å². The van der Waals surface area contributed by atoms with E-state index < -0.39 is 5.91 Å². The molecule has 1 amide bonds. The number of benzene rings is 2. The Kier molecular flexibility index (Phi) is 8.54. The van der Waals surface area contributed by atoms with Crippen LogP contribution < -0.4 is 23.7 Å². The van der Waals surface area contributed by atoms with Crippen molar-refractivity contribution in [1.82, 2.24) is 4.57 Å². The average Bonchev–Trinajstić information content (AvgIpc) is 3.14. The third kappa shape index (κ3) is 5.39. The molecule has 0 aliphatic rings. The molecule has 3 aromatic rings. The van der Waals surface area contributed by atoms with Crippen LogP contribution in [0.3, 0.4) is 0 Å². The van der Waals surface area contributed by atoms with Crippen LogP contribution in [0.25, 0.3) is 10.2 Å². The maximum atomic E-state index is 13.3. The highest BCUT2D eigenvalue weighted by Crippen LogP contribution is 2.39. The Balaban J connectivity index is 2.16. The van der Waals surface area contributed by atoms with Gasteiger partial charge in [0.15, 0.2) is 16.3 Å². The number of amides is 1. The van der Waals surface area contributed by atoms with E-state index in [0.29, 0.717) is 60.6 Å². The number of nitrogens with zero attached hydrogens (tertiary/aromatic N) is 2. The maximum Gasteiger partial charge on any atom is 0.279 e. The minimum Gasteiger partial charge on any atom is -0.492 e. The summed E-state index contributed by atoms with van der Waals surface area (Å²) in [6, 6.07) is 9.14. The van der Waals surface area contributed by atoms with Crippen molar-refractivity contribution in [3.63, 3.8) is 0 Å². The summed E-state index contributed by atoms with van der Waals surface area (Å²) in [7, 11) is 0. The number of fused-ring (bicyclic) bond motifs is 1. The van der Waals surface area contributed by atoms with Gasteiger partial charge in [0.1, 0.15) is 11.3 Å². The van der Waals surface area contributed by atoms with Gasteiger partial charge in [-0.25, -0.2) is 0 Å². The molecule has 0 radical (unpaired) electrons. The van der Waals surface area contributed by atoms with Gasteiger partial charge in [-0.1, -0.05) is 23.5 Å². The predicted molar refractivity (Wildman–Crippen MR) is 131 cm³/mol. The molecule has 1 heterocycles. The van der Waals surface area contributed by atoms with Gasteiger partial charge < -0.3 is 23.5 Å². The number of carbonyl (C=O) groups excluding carboxylic acids is 1. The van der Waals surface area contributed by atoms with Crippen molar-refractivity contribution in [2.75, 3.05) is 26.4 Å². The van der Waals surface area contributed by atoms with E-state index in [-0.39, 0.29) is 0 Å². The lowest BCUT2D eigenvalue weighted by Crippen LogP contribution is -2.17. The number of rotatable bonds is 11. The van der Waals surface area contributed by atoms with Gasteiger partial charge in [0.2, 0.25) is 5.75 Å². The molecule has 0 bridgehead atoms. The van der Waals surface area contributed by atoms with E-state index in [4.69, 9.17) is 18.9 Å². The Morgan fingerprint density at radius 1 is 0.970 bits per heavy atom. The summed E-state index contributed by atoms with van der Waals surface area (Å²) in [4.78, 5) is 18.3. The molecule has 1 aromatic heterocycles. The van der Waals surface area contributed by atoms with Gasteiger partial charge in [-0.05, 0) is 52.0 Å². The number of ether oxygens (including phenoxy) is 4. The summed E-state index contributed by atoms with van der Waals surface area (Å²) >= 11 is 1.43. The van der Waals surface area contributed by atoms with Crippen LogP contribution in [0.1, 0.15) is 38.1 Å². The molecule has 176 valence electrons. The minimum absolute atomic E-state index is 0.359. The Bertz CT molecular complexity index is 1170. The molecule has 3 rings (SSSR count). The lowest BCUT2D eigenvalue weighted by atomic mass is 10.1. The number of aromatic nitrogens is 1. The van der Waals surface area contributed by atoms with E-state index in [0.717, 1.165) is 16.0 Å².